The Morgan fingerprint density at radius 3 is 2.58 bits per heavy atom. The number of methoxy groups -OCH3 is 1. The third kappa shape index (κ3) is 4.02. The summed E-state index contributed by atoms with van der Waals surface area (Å²) in [4.78, 5) is 16.8. The van der Waals surface area contributed by atoms with Crippen molar-refractivity contribution in [3.05, 3.63) is 71.5 Å². The fourth-order valence-electron chi connectivity index (χ4n) is 2.94. The van der Waals surface area contributed by atoms with Crippen LogP contribution in [0.1, 0.15) is 41.3 Å². The van der Waals surface area contributed by atoms with Crippen LogP contribution in [0.5, 0.6) is 5.75 Å². The number of benzene rings is 2. The maximum atomic E-state index is 12.6. The largest absolute Gasteiger partial charge is 0.497 e. The van der Waals surface area contributed by atoms with Crippen molar-refractivity contribution in [2.45, 2.75) is 26.2 Å². The summed E-state index contributed by atoms with van der Waals surface area (Å²) >= 11 is 0. The molecule has 0 fully saturated rings. The van der Waals surface area contributed by atoms with Crippen molar-refractivity contribution in [3.63, 3.8) is 0 Å². The molecule has 1 heterocycles. The van der Waals surface area contributed by atoms with E-state index in [1.54, 1.807) is 13.3 Å². The summed E-state index contributed by atoms with van der Waals surface area (Å²) in [5, 5.41) is 4.93. The predicted molar refractivity (Wildman–Crippen MR) is 105 cm³/mol. The van der Waals surface area contributed by atoms with Gasteiger partial charge in [0.1, 0.15) is 5.75 Å². The minimum absolute atomic E-state index is 0.0890. The van der Waals surface area contributed by atoms with E-state index < -0.39 is 0 Å². The molecule has 4 heteroatoms. The number of hydrogen-bond acceptors (Lipinski definition) is 3. The van der Waals surface area contributed by atoms with Crippen LogP contribution in [0, 0.1) is 0 Å². The Morgan fingerprint density at radius 1 is 1.12 bits per heavy atom. The van der Waals surface area contributed by atoms with Crippen LogP contribution in [0.25, 0.3) is 10.8 Å². The van der Waals surface area contributed by atoms with E-state index in [1.807, 2.05) is 36.5 Å². The number of carbonyl (C=O) groups excluding carboxylic acids is 1. The SMILES string of the molecule is COc1ccc(CCNC(=O)c2cncc3cc(C(C)C)ccc23)cc1. The zero-order valence-electron chi connectivity index (χ0n) is 15.5. The van der Waals surface area contributed by atoms with E-state index in [0.717, 1.165) is 28.5 Å². The smallest absolute Gasteiger partial charge is 0.253 e. The van der Waals surface area contributed by atoms with Gasteiger partial charge in [0.2, 0.25) is 0 Å². The molecule has 1 aromatic heterocycles. The van der Waals surface area contributed by atoms with E-state index in [-0.39, 0.29) is 5.91 Å². The number of hydrogen-bond donors (Lipinski definition) is 1. The highest BCUT2D eigenvalue weighted by Crippen LogP contribution is 2.23. The van der Waals surface area contributed by atoms with E-state index in [9.17, 15) is 4.79 Å². The fourth-order valence-corrected chi connectivity index (χ4v) is 2.94. The summed E-state index contributed by atoms with van der Waals surface area (Å²) < 4.78 is 5.16. The van der Waals surface area contributed by atoms with E-state index in [2.05, 4.69) is 36.3 Å². The Balaban J connectivity index is 1.69. The maximum Gasteiger partial charge on any atom is 0.253 e. The van der Waals surface area contributed by atoms with Crippen molar-refractivity contribution in [1.82, 2.24) is 10.3 Å². The topological polar surface area (TPSA) is 51.2 Å². The van der Waals surface area contributed by atoms with Gasteiger partial charge in [-0.25, -0.2) is 0 Å². The maximum absolute atomic E-state index is 12.6. The van der Waals surface area contributed by atoms with Gasteiger partial charge >= 0.3 is 0 Å². The number of pyridine rings is 1. The molecule has 3 rings (SSSR count). The zero-order valence-corrected chi connectivity index (χ0v) is 15.5. The van der Waals surface area contributed by atoms with Crippen molar-refractivity contribution < 1.29 is 9.53 Å². The van der Waals surface area contributed by atoms with Crippen LogP contribution in [-0.4, -0.2) is 24.5 Å². The minimum atomic E-state index is -0.0890. The van der Waals surface area contributed by atoms with Crippen molar-refractivity contribution in [2.75, 3.05) is 13.7 Å². The normalized spacial score (nSPS) is 10.9. The molecule has 0 bridgehead atoms. The van der Waals surface area contributed by atoms with Crippen LogP contribution < -0.4 is 10.1 Å². The van der Waals surface area contributed by atoms with Crippen molar-refractivity contribution in [3.8, 4) is 5.75 Å². The number of rotatable bonds is 6. The second kappa shape index (κ2) is 8.00. The highest BCUT2D eigenvalue weighted by Gasteiger charge is 2.11. The Kier molecular flexibility index (Phi) is 5.52. The Bertz CT molecular complexity index is 902. The lowest BCUT2D eigenvalue weighted by atomic mass is 9.98. The van der Waals surface area contributed by atoms with Gasteiger partial charge < -0.3 is 10.1 Å². The third-order valence-corrected chi connectivity index (χ3v) is 4.55. The third-order valence-electron chi connectivity index (χ3n) is 4.55. The molecule has 0 radical (unpaired) electrons. The highest BCUT2D eigenvalue weighted by molar-refractivity contribution is 6.06. The molecule has 26 heavy (non-hydrogen) atoms. The first-order valence-electron chi connectivity index (χ1n) is 8.87. The number of amides is 1. The summed E-state index contributed by atoms with van der Waals surface area (Å²) in [6.07, 6.45) is 4.22. The van der Waals surface area contributed by atoms with Crippen LogP contribution in [0.4, 0.5) is 0 Å². The van der Waals surface area contributed by atoms with Gasteiger partial charge in [0.25, 0.3) is 5.91 Å². The molecule has 0 saturated carbocycles. The standard InChI is InChI=1S/C22H24N2O2/c1-15(2)17-6-9-20-18(12-17)13-23-14-21(20)22(25)24-11-10-16-4-7-19(26-3)8-5-16/h4-9,12-15H,10-11H2,1-3H3,(H,24,25). The van der Waals surface area contributed by atoms with Gasteiger partial charge in [0.15, 0.2) is 0 Å². The minimum Gasteiger partial charge on any atom is -0.497 e. The monoisotopic (exact) mass is 348 g/mol. The first-order valence-corrected chi connectivity index (χ1v) is 8.87. The van der Waals surface area contributed by atoms with Gasteiger partial charge in [0.05, 0.1) is 12.7 Å². The lowest BCUT2D eigenvalue weighted by molar-refractivity contribution is 0.0955. The Labute approximate surface area is 154 Å². The first-order chi connectivity index (χ1) is 12.6. The van der Waals surface area contributed by atoms with Gasteiger partial charge in [-0.3, -0.25) is 9.78 Å². The number of carbonyl (C=O) groups is 1. The molecule has 4 nitrogen and oxygen atoms in total. The Morgan fingerprint density at radius 2 is 1.88 bits per heavy atom. The summed E-state index contributed by atoms with van der Waals surface area (Å²) in [5.41, 5.74) is 3.02. The van der Waals surface area contributed by atoms with Gasteiger partial charge in [-0.2, -0.15) is 0 Å². The second-order valence-corrected chi connectivity index (χ2v) is 6.68. The van der Waals surface area contributed by atoms with Gasteiger partial charge in [-0.15, -0.1) is 0 Å². The number of ether oxygens (including phenoxy) is 1. The average Bonchev–Trinajstić information content (AvgIpc) is 2.67. The molecule has 0 aliphatic rings. The molecule has 0 unspecified atom stereocenters. The molecular formula is C22H24N2O2. The van der Waals surface area contributed by atoms with E-state index in [4.69, 9.17) is 4.74 Å². The molecule has 3 aromatic rings. The molecule has 2 aromatic carbocycles. The molecule has 0 aliphatic carbocycles. The van der Waals surface area contributed by atoms with Crippen molar-refractivity contribution >= 4 is 16.7 Å². The summed E-state index contributed by atoms with van der Waals surface area (Å²) in [7, 11) is 1.65. The lowest BCUT2D eigenvalue weighted by Crippen LogP contribution is -2.26. The average molecular weight is 348 g/mol. The first kappa shape index (κ1) is 17.9. The van der Waals surface area contributed by atoms with E-state index in [1.165, 1.54) is 5.56 Å². The van der Waals surface area contributed by atoms with Crippen LogP contribution in [0.3, 0.4) is 0 Å². The molecule has 0 saturated heterocycles. The number of fused-ring (bicyclic) bond motifs is 1. The summed E-state index contributed by atoms with van der Waals surface area (Å²) in [5.74, 6) is 1.19. The lowest BCUT2D eigenvalue weighted by Gasteiger charge is -2.10. The van der Waals surface area contributed by atoms with Crippen LogP contribution in [0.2, 0.25) is 0 Å². The molecular weight excluding hydrogens is 324 g/mol. The van der Waals surface area contributed by atoms with E-state index in [0.29, 0.717) is 18.0 Å². The van der Waals surface area contributed by atoms with Crippen LogP contribution >= 0.6 is 0 Å². The predicted octanol–water partition coefficient (Wildman–Crippen LogP) is 4.34. The van der Waals surface area contributed by atoms with Crippen LogP contribution in [0.15, 0.2) is 54.9 Å². The molecule has 0 atom stereocenters. The zero-order chi connectivity index (χ0) is 18.5. The Hall–Kier alpha value is -2.88. The van der Waals surface area contributed by atoms with Crippen LogP contribution in [-0.2, 0) is 6.42 Å². The second-order valence-electron chi connectivity index (χ2n) is 6.68. The fraction of sp³-hybridized carbons (Fsp3) is 0.273. The number of aromatic nitrogens is 1. The van der Waals surface area contributed by atoms with Gasteiger partial charge in [-0.1, -0.05) is 38.1 Å². The number of nitrogens with zero attached hydrogens (tertiary/aromatic N) is 1. The molecule has 0 spiro atoms. The number of nitrogens with one attached hydrogen (secondary N) is 1. The van der Waals surface area contributed by atoms with E-state index >= 15 is 0 Å². The van der Waals surface area contributed by atoms with Gasteiger partial charge in [0, 0.05) is 24.3 Å². The molecule has 134 valence electrons. The van der Waals surface area contributed by atoms with Crippen molar-refractivity contribution in [2.24, 2.45) is 0 Å². The quantitative estimate of drug-likeness (QED) is 0.721. The molecule has 0 aliphatic heterocycles. The van der Waals surface area contributed by atoms with Crippen molar-refractivity contribution in [1.29, 1.82) is 0 Å². The summed E-state index contributed by atoms with van der Waals surface area (Å²) in [6.45, 7) is 4.89. The summed E-state index contributed by atoms with van der Waals surface area (Å²) in [6, 6.07) is 14.1. The highest BCUT2D eigenvalue weighted by atomic mass is 16.5. The van der Waals surface area contributed by atoms with Gasteiger partial charge in [-0.05, 0) is 47.1 Å². The molecule has 1 N–H and O–H groups in total. The molecule has 1 amide bonds.